The largest absolute Gasteiger partial charge is 0.464 e. The molecule has 3 rings (SSSR count). The van der Waals surface area contributed by atoms with Crippen molar-refractivity contribution < 1.29 is 4.74 Å². The van der Waals surface area contributed by atoms with Crippen LogP contribution in [0.1, 0.15) is 50.4 Å². The van der Waals surface area contributed by atoms with E-state index >= 15 is 0 Å². The molecule has 2 aromatic rings. The van der Waals surface area contributed by atoms with Gasteiger partial charge >= 0.3 is 6.01 Å². The molecule has 2 aromatic heterocycles. The van der Waals surface area contributed by atoms with Crippen molar-refractivity contribution in [1.82, 2.24) is 14.8 Å². The molecule has 2 heterocycles. The monoisotopic (exact) mass is 355 g/mol. The van der Waals surface area contributed by atoms with Crippen LogP contribution in [0, 0.1) is 0 Å². The topological polar surface area (TPSA) is 39.9 Å². The molecule has 0 aliphatic heterocycles. The molecule has 0 amide bonds. The number of ether oxygens (including phenoxy) is 1. The van der Waals surface area contributed by atoms with Gasteiger partial charge in [0, 0.05) is 10.9 Å². The summed E-state index contributed by atoms with van der Waals surface area (Å²) in [5.74, 6) is 0.998. The van der Waals surface area contributed by atoms with E-state index in [2.05, 4.69) is 56.7 Å². The highest BCUT2D eigenvalue weighted by Gasteiger charge is 2.38. The molecule has 1 fully saturated rings. The summed E-state index contributed by atoms with van der Waals surface area (Å²) in [6.07, 6.45) is 2.38. The lowest BCUT2D eigenvalue weighted by atomic mass is 9.90. The SMILES string of the molecule is CCOc1nnc(C(C)(C)c2ccc(Br)s2)n1C1CC1. The van der Waals surface area contributed by atoms with Crippen LogP contribution in [0.5, 0.6) is 6.01 Å². The molecule has 0 N–H and O–H groups in total. The Labute approximate surface area is 131 Å². The van der Waals surface area contributed by atoms with E-state index in [1.165, 1.54) is 17.7 Å². The number of hydrogen-bond acceptors (Lipinski definition) is 4. The maximum absolute atomic E-state index is 5.64. The number of hydrogen-bond donors (Lipinski definition) is 0. The van der Waals surface area contributed by atoms with Crippen molar-refractivity contribution in [2.24, 2.45) is 0 Å². The van der Waals surface area contributed by atoms with Crippen molar-refractivity contribution in [1.29, 1.82) is 0 Å². The van der Waals surface area contributed by atoms with Crippen LogP contribution < -0.4 is 4.74 Å². The number of nitrogens with zero attached hydrogens (tertiary/aromatic N) is 3. The van der Waals surface area contributed by atoms with Gasteiger partial charge in [-0.2, -0.15) is 0 Å². The summed E-state index contributed by atoms with van der Waals surface area (Å²) in [5, 5.41) is 8.68. The molecule has 6 heteroatoms. The Hall–Kier alpha value is -0.880. The Morgan fingerprint density at radius 3 is 2.70 bits per heavy atom. The van der Waals surface area contributed by atoms with Gasteiger partial charge in [0.05, 0.1) is 15.8 Å². The summed E-state index contributed by atoms with van der Waals surface area (Å²) in [7, 11) is 0. The fraction of sp³-hybridized carbons (Fsp3) is 0.571. The molecule has 0 saturated heterocycles. The molecule has 108 valence electrons. The van der Waals surface area contributed by atoms with Crippen molar-refractivity contribution in [2.45, 2.75) is 45.1 Å². The Balaban J connectivity index is 2.04. The van der Waals surface area contributed by atoms with Gasteiger partial charge in [-0.3, -0.25) is 4.57 Å². The van der Waals surface area contributed by atoms with E-state index in [-0.39, 0.29) is 5.41 Å². The Morgan fingerprint density at radius 2 is 2.15 bits per heavy atom. The summed E-state index contributed by atoms with van der Waals surface area (Å²) < 4.78 is 8.97. The van der Waals surface area contributed by atoms with Crippen molar-refractivity contribution >= 4 is 27.3 Å². The van der Waals surface area contributed by atoms with Crippen LogP contribution in [0.4, 0.5) is 0 Å². The summed E-state index contributed by atoms with van der Waals surface area (Å²) >= 11 is 5.29. The average molecular weight is 356 g/mol. The van der Waals surface area contributed by atoms with Gasteiger partial charge in [0.1, 0.15) is 5.82 Å². The second-order valence-corrected chi connectivity index (χ2v) is 8.03. The van der Waals surface area contributed by atoms with E-state index in [9.17, 15) is 0 Å². The molecule has 1 aliphatic carbocycles. The Kier molecular flexibility index (Phi) is 3.62. The minimum atomic E-state index is -0.165. The molecular formula is C14H18BrN3OS. The number of rotatable bonds is 5. The van der Waals surface area contributed by atoms with Crippen LogP contribution in [-0.2, 0) is 5.41 Å². The van der Waals surface area contributed by atoms with E-state index in [1.807, 2.05) is 6.92 Å². The van der Waals surface area contributed by atoms with E-state index in [4.69, 9.17) is 4.74 Å². The highest BCUT2D eigenvalue weighted by molar-refractivity contribution is 9.11. The first-order valence-electron chi connectivity index (χ1n) is 6.88. The molecule has 0 atom stereocenters. The van der Waals surface area contributed by atoms with Crippen LogP contribution in [0.2, 0.25) is 0 Å². The van der Waals surface area contributed by atoms with Gasteiger partial charge in [0.15, 0.2) is 0 Å². The summed E-state index contributed by atoms with van der Waals surface area (Å²) in [5.41, 5.74) is -0.165. The Morgan fingerprint density at radius 1 is 1.40 bits per heavy atom. The maximum atomic E-state index is 5.64. The second kappa shape index (κ2) is 5.15. The van der Waals surface area contributed by atoms with Crippen molar-refractivity contribution in [3.63, 3.8) is 0 Å². The second-order valence-electron chi connectivity index (χ2n) is 5.57. The molecule has 0 bridgehead atoms. The lowest BCUT2D eigenvalue weighted by Crippen LogP contribution is -2.23. The first-order valence-corrected chi connectivity index (χ1v) is 8.49. The molecule has 1 saturated carbocycles. The normalized spacial score (nSPS) is 15.6. The number of thiophene rings is 1. The minimum Gasteiger partial charge on any atom is -0.464 e. The smallest absolute Gasteiger partial charge is 0.317 e. The average Bonchev–Trinajstić information content (AvgIpc) is 2.99. The predicted octanol–water partition coefficient (Wildman–Crippen LogP) is 4.16. The van der Waals surface area contributed by atoms with Crippen LogP contribution in [0.25, 0.3) is 0 Å². The quantitative estimate of drug-likeness (QED) is 0.808. The van der Waals surface area contributed by atoms with E-state index < -0.39 is 0 Å². The van der Waals surface area contributed by atoms with Crippen LogP contribution in [0.3, 0.4) is 0 Å². The van der Waals surface area contributed by atoms with Crippen molar-refractivity contribution in [3.8, 4) is 6.01 Å². The van der Waals surface area contributed by atoms with E-state index in [1.54, 1.807) is 11.3 Å². The summed E-state index contributed by atoms with van der Waals surface area (Å²) in [4.78, 5) is 1.28. The number of aromatic nitrogens is 3. The molecule has 0 unspecified atom stereocenters. The van der Waals surface area contributed by atoms with Crippen LogP contribution >= 0.6 is 27.3 Å². The third-order valence-corrected chi connectivity index (χ3v) is 5.55. The first-order chi connectivity index (χ1) is 9.54. The summed E-state index contributed by atoms with van der Waals surface area (Å²) in [6.45, 7) is 7.00. The molecule has 0 spiro atoms. The van der Waals surface area contributed by atoms with Crippen LogP contribution in [0.15, 0.2) is 15.9 Å². The highest BCUT2D eigenvalue weighted by Crippen LogP contribution is 2.44. The third kappa shape index (κ3) is 2.39. The Bertz CT molecular complexity index is 616. The zero-order valence-electron chi connectivity index (χ0n) is 11.9. The number of halogens is 1. The van der Waals surface area contributed by atoms with Gasteiger partial charge in [-0.25, -0.2) is 0 Å². The van der Waals surface area contributed by atoms with Crippen molar-refractivity contribution in [3.05, 3.63) is 26.6 Å². The predicted molar refractivity (Wildman–Crippen MR) is 83.6 cm³/mol. The van der Waals surface area contributed by atoms with Crippen molar-refractivity contribution in [2.75, 3.05) is 6.61 Å². The molecule has 0 radical (unpaired) electrons. The molecule has 1 aliphatic rings. The highest BCUT2D eigenvalue weighted by atomic mass is 79.9. The van der Waals surface area contributed by atoms with Gasteiger partial charge in [-0.05, 0) is 61.7 Å². The minimum absolute atomic E-state index is 0.165. The first kappa shape index (κ1) is 14.1. The van der Waals surface area contributed by atoms with Gasteiger partial charge < -0.3 is 4.74 Å². The van der Waals surface area contributed by atoms with E-state index in [0.717, 1.165) is 9.61 Å². The lowest BCUT2D eigenvalue weighted by molar-refractivity contribution is 0.292. The zero-order chi connectivity index (χ0) is 14.3. The zero-order valence-corrected chi connectivity index (χ0v) is 14.3. The fourth-order valence-corrected chi connectivity index (χ4v) is 3.84. The molecule has 20 heavy (non-hydrogen) atoms. The molecule has 4 nitrogen and oxygen atoms in total. The van der Waals surface area contributed by atoms with E-state index in [0.29, 0.717) is 18.7 Å². The standard InChI is InChI=1S/C14H18BrN3OS/c1-4-19-13-17-16-12(18(13)9-5-6-9)14(2,3)10-7-8-11(15)20-10/h7-9H,4-6H2,1-3H3. The maximum Gasteiger partial charge on any atom is 0.317 e. The van der Waals surface area contributed by atoms with Gasteiger partial charge in [0.2, 0.25) is 0 Å². The third-order valence-electron chi connectivity index (χ3n) is 3.60. The fourth-order valence-electron chi connectivity index (χ4n) is 2.35. The molecular weight excluding hydrogens is 338 g/mol. The van der Waals surface area contributed by atoms with Crippen LogP contribution in [-0.4, -0.2) is 21.4 Å². The van der Waals surface area contributed by atoms with Gasteiger partial charge in [-0.15, -0.1) is 16.4 Å². The summed E-state index contributed by atoms with van der Waals surface area (Å²) in [6, 6.07) is 5.40. The molecule has 0 aromatic carbocycles. The van der Waals surface area contributed by atoms with Gasteiger partial charge in [-0.1, -0.05) is 5.10 Å². The van der Waals surface area contributed by atoms with Gasteiger partial charge in [0.25, 0.3) is 0 Å². The lowest BCUT2D eigenvalue weighted by Gasteiger charge is -2.23.